The Hall–Kier alpha value is -3.33. The lowest BCUT2D eigenvalue weighted by molar-refractivity contribution is 0.104. The number of hydrogen-bond acceptors (Lipinski definition) is 3. The summed E-state index contributed by atoms with van der Waals surface area (Å²) in [7, 11) is 0. The van der Waals surface area contributed by atoms with Gasteiger partial charge in [-0.15, -0.1) is 0 Å². The van der Waals surface area contributed by atoms with E-state index in [1.165, 1.54) is 36.4 Å². The topological polar surface area (TPSA) is 50.1 Å². The van der Waals surface area contributed by atoms with E-state index >= 15 is 0 Å². The molecule has 0 radical (unpaired) electrons. The molecule has 2 aromatic rings. The van der Waals surface area contributed by atoms with Crippen molar-refractivity contribution >= 4 is 11.9 Å². The number of nitriles is 1. The van der Waals surface area contributed by atoms with Gasteiger partial charge in [0.2, 0.25) is 0 Å². The normalized spacial score (nSPS) is 10.2. The highest BCUT2D eigenvalue weighted by Gasteiger charge is 2.07. The molecule has 0 saturated carbocycles. The third kappa shape index (κ3) is 4.58. The van der Waals surface area contributed by atoms with Crippen LogP contribution >= 0.6 is 0 Å². The van der Waals surface area contributed by atoms with Gasteiger partial charge >= 0.3 is 12.1 Å². The molecule has 0 spiro atoms. The molecule has 0 saturated heterocycles. The molecule has 0 bridgehead atoms. The van der Waals surface area contributed by atoms with Gasteiger partial charge in [-0.1, -0.05) is 18.2 Å². The monoisotopic (exact) mass is 329 g/mol. The zero-order chi connectivity index (χ0) is 17.5. The third-order valence-electron chi connectivity index (χ3n) is 2.96. The van der Waals surface area contributed by atoms with Crippen LogP contribution in [-0.2, 0) is 0 Å². The molecule has 0 heterocycles. The Morgan fingerprint density at radius 1 is 1.00 bits per heavy atom. The Kier molecular flexibility index (Phi) is 5.53. The molecule has 0 aliphatic carbocycles. The molecule has 3 nitrogen and oxygen atoms in total. The first-order valence-corrected chi connectivity index (χ1v) is 6.71. The molecule has 0 aliphatic rings. The van der Waals surface area contributed by atoms with E-state index in [2.05, 4.69) is 4.74 Å². The maximum atomic E-state index is 12.6. The smallest absolute Gasteiger partial charge is 0.344 e. The fraction of sp³-hybridized carbons (Fsp3) is 0. The van der Waals surface area contributed by atoms with Crippen LogP contribution in [-0.4, -0.2) is 5.78 Å². The van der Waals surface area contributed by atoms with Crippen molar-refractivity contribution in [2.45, 2.75) is 0 Å². The molecule has 2 rings (SSSR count). The van der Waals surface area contributed by atoms with Crippen LogP contribution in [0.15, 0.2) is 66.7 Å². The number of rotatable bonds is 5. The van der Waals surface area contributed by atoms with Crippen LogP contribution in [0, 0.1) is 11.3 Å². The van der Waals surface area contributed by atoms with E-state index in [1.54, 1.807) is 24.3 Å². The zero-order valence-corrected chi connectivity index (χ0v) is 12.2. The number of hydrogen-bond donors (Lipinski definition) is 0. The number of ether oxygens (including phenoxy) is 1. The second-order valence-corrected chi connectivity index (χ2v) is 4.59. The standard InChI is InChI=1S/C18H10F3NO2/c19-17(20)18(21)24-15-8-3-12(4-9-15)5-10-16(23)14-6-1-13(11-22)2-7-14/h1-10H. The van der Waals surface area contributed by atoms with Gasteiger partial charge < -0.3 is 4.74 Å². The van der Waals surface area contributed by atoms with Crippen LogP contribution in [0.4, 0.5) is 13.2 Å². The SMILES string of the molecule is N#Cc1ccc(C(=O)C=Cc2ccc(OC(F)=C(F)F)cc2)cc1. The molecule has 0 aliphatic heterocycles. The molecular formula is C18H10F3NO2. The molecule has 120 valence electrons. The van der Waals surface area contributed by atoms with Gasteiger partial charge in [0.05, 0.1) is 11.6 Å². The van der Waals surface area contributed by atoms with Gasteiger partial charge in [-0.25, -0.2) is 0 Å². The molecule has 6 heteroatoms. The van der Waals surface area contributed by atoms with Crippen LogP contribution in [0.3, 0.4) is 0 Å². The van der Waals surface area contributed by atoms with E-state index in [0.29, 0.717) is 16.7 Å². The van der Waals surface area contributed by atoms with Gasteiger partial charge in [-0.3, -0.25) is 4.79 Å². The summed E-state index contributed by atoms with van der Waals surface area (Å²) in [6.45, 7) is 0. The Labute approximate surface area is 135 Å². The Morgan fingerprint density at radius 2 is 1.62 bits per heavy atom. The maximum absolute atomic E-state index is 12.6. The van der Waals surface area contributed by atoms with Gasteiger partial charge in [-0.05, 0) is 48.0 Å². The van der Waals surface area contributed by atoms with E-state index in [9.17, 15) is 18.0 Å². The minimum absolute atomic E-state index is 0.0872. The average Bonchev–Trinajstić information content (AvgIpc) is 2.60. The summed E-state index contributed by atoms with van der Waals surface area (Å²) >= 11 is 0. The quantitative estimate of drug-likeness (QED) is 0.447. The van der Waals surface area contributed by atoms with Crippen molar-refractivity contribution < 1.29 is 22.7 Å². The number of benzene rings is 2. The van der Waals surface area contributed by atoms with Gasteiger partial charge in [0, 0.05) is 5.56 Å². The second kappa shape index (κ2) is 7.79. The van der Waals surface area contributed by atoms with Gasteiger partial charge in [0.15, 0.2) is 5.78 Å². The van der Waals surface area contributed by atoms with Crippen molar-refractivity contribution in [1.82, 2.24) is 0 Å². The van der Waals surface area contributed by atoms with E-state index in [1.807, 2.05) is 6.07 Å². The van der Waals surface area contributed by atoms with Crippen molar-refractivity contribution in [3.63, 3.8) is 0 Å². The van der Waals surface area contributed by atoms with Crippen LogP contribution < -0.4 is 4.74 Å². The van der Waals surface area contributed by atoms with Crippen LogP contribution in [0.1, 0.15) is 21.5 Å². The predicted octanol–water partition coefficient (Wildman–Crippen LogP) is 4.87. The highest BCUT2D eigenvalue weighted by atomic mass is 19.3. The Balaban J connectivity index is 2.04. The Morgan fingerprint density at radius 3 is 2.17 bits per heavy atom. The second-order valence-electron chi connectivity index (χ2n) is 4.59. The fourth-order valence-corrected chi connectivity index (χ4v) is 1.77. The van der Waals surface area contributed by atoms with Crippen molar-refractivity contribution in [2.24, 2.45) is 0 Å². The van der Waals surface area contributed by atoms with Gasteiger partial charge in [-0.2, -0.15) is 18.4 Å². The molecule has 0 fully saturated rings. The summed E-state index contributed by atoms with van der Waals surface area (Å²) in [6.07, 6.45) is 0.317. The number of allylic oxidation sites excluding steroid dienone is 1. The summed E-state index contributed by atoms with van der Waals surface area (Å²) in [4.78, 5) is 12.0. The number of carbonyl (C=O) groups excluding carboxylic acids is 1. The van der Waals surface area contributed by atoms with E-state index in [-0.39, 0.29) is 11.5 Å². The number of carbonyl (C=O) groups is 1. The lowest BCUT2D eigenvalue weighted by Gasteiger charge is -2.02. The maximum Gasteiger partial charge on any atom is 0.344 e. The summed E-state index contributed by atoms with van der Waals surface area (Å²) in [5.41, 5.74) is 1.49. The average molecular weight is 329 g/mol. The molecule has 0 aromatic heterocycles. The molecular weight excluding hydrogens is 319 g/mol. The van der Waals surface area contributed by atoms with E-state index in [0.717, 1.165) is 0 Å². The first-order valence-electron chi connectivity index (χ1n) is 6.71. The minimum Gasteiger partial charge on any atom is -0.428 e. The van der Waals surface area contributed by atoms with Crippen molar-refractivity contribution in [1.29, 1.82) is 5.26 Å². The molecule has 0 amide bonds. The van der Waals surface area contributed by atoms with Crippen molar-refractivity contribution in [3.05, 3.63) is 83.4 Å². The summed E-state index contributed by atoms with van der Waals surface area (Å²) < 4.78 is 40.8. The van der Waals surface area contributed by atoms with Crippen molar-refractivity contribution in [3.8, 4) is 11.8 Å². The van der Waals surface area contributed by atoms with Gasteiger partial charge in [0.25, 0.3) is 0 Å². The van der Waals surface area contributed by atoms with Gasteiger partial charge in [0.1, 0.15) is 5.75 Å². The molecule has 2 aromatic carbocycles. The first-order chi connectivity index (χ1) is 11.5. The largest absolute Gasteiger partial charge is 0.428 e. The summed E-state index contributed by atoms with van der Waals surface area (Å²) in [6, 6.07) is 11.8. The van der Waals surface area contributed by atoms with E-state index < -0.39 is 12.1 Å². The van der Waals surface area contributed by atoms with E-state index in [4.69, 9.17) is 5.26 Å². The zero-order valence-electron chi connectivity index (χ0n) is 12.2. The molecule has 0 N–H and O–H groups in total. The number of ketones is 1. The summed E-state index contributed by atoms with van der Waals surface area (Å²) in [5, 5.41) is 8.70. The highest BCUT2D eigenvalue weighted by Crippen LogP contribution is 2.19. The highest BCUT2D eigenvalue weighted by molar-refractivity contribution is 6.06. The predicted molar refractivity (Wildman–Crippen MR) is 81.9 cm³/mol. The third-order valence-corrected chi connectivity index (χ3v) is 2.96. The fourth-order valence-electron chi connectivity index (χ4n) is 1.77. The van der Waals surface area contributed by atoms with Crippen LogP contribution in [0.2, 0.25) is 0 Å². The van der Waals surface area contributed by atoms with Crippen LogP contribution in [0.25, 0.3) is 6.08 Å². The lowest BCUT2D eigenvalue weighted by Crippen LogP contribution is -1.94. The Bertz CT molecular complexity index is 828. The molecule has 0 unspecified atom stereocenters. The molecule has 24 heavy (non-hydrogen) atoms. The number of nitrogens with zero attached hydrogens (tertiary/aromatic N) is 1. The molecule has 0 atom stereocenters. The lowest BCUT2D eigenvalue weighted by atomic mass is 10.1. The van der Waals surface area contributed by atoms with Crippen molar-refractivity contribution in [2.75, 3.05) is 0 Å². The number of halogens is 3. The first kappa shape index (κ1) is 17.0. The minimum atomic E-state index is -2.54. The summed E-state index contributed by atoms with van der Waals surface area (Å²) in [5.74, 6) is -0.343. The van der Waals surface area contributed by atoms with Crippen LogP contribution in [0.5, 0.6) is 5.75 Å².